The second kappa shape index (κ2) is 5.56. The van der Waals surface area contributed by atoms with Crippen LogP contribution in [-0.4, -0.2) is 14.7 Å². The fourth-order valence-electron chi connectivity index (χ4n) is 2.97. The molecule has 0 aliphatic heterocycles. The van der Waals surface area contributed by atoms with Crippen molar-refractivity contribution in [2.75, 3.05) is 0 Å². The molecule has 24 heavy (non-hydrogen) atoms. The monoisotopic (exact) mass is 311 g/mol. The Morgan fingerprint density at radius 2 is 1.67 bits per heavy atom. The Kier molecular flexibility index (Phi) is 3.25. The van der Waals surface area contributed by atoms with Gasteiger partial charge in [0, 0.05) is 17.3 Å². The van der Waals surface area contributed by atoms with Gasteiger partial charge in [-0.15, -0.1) is 0 Å². The lowest BCUT2D eigenvalue weighted by Gasteiger charge is -2.11. The highest BCUT2D eigenvalue weighted by molar-refractivity contribution is 5.95. The number of pyridine rings is 1. The lowest BCUT2D eigenvalue weighted by atomic mass is 10.1. The minimum absolute atomic E-state index is 0.204. The smallest absolute Gasteiger partial charge is 0.115 e. The van der Waals surface area contributed by atoms with Crippen LogP contribution in [0.4, 0.5) is 0 Å². The average molecular weight is 311 g/mol. The van der Waals surface area contributed by atoms with E-state index in [1.54, 1.807) is 18.3 Å². The van der Waals surface area contributed by atoms with E-state index in [1.165, 1.54) is 0 Å². The molecule has 0 radical (unpaired) electrons. The molecule has 4 rings (SSSR count). The predicted octanol–water partition coefficient (Wildman–Crippen LogP) is 4.27. The predicted molar refractivity (Wildman–Crippen MR) is 92.9 cm³/mol. The highest BCUT2D eigenvalue weighted by Crippen LogP contribution is 2.35. The lowest BCUT2D eigenvalue weighted by Crippen LogP contribution is -1.98. The second-order valence-corrected chi connectivity index (χ2v) is 5.42. The third-order valence-corrected chi connectivity index (χ3v) is 4.00. The largest absolute Gasteiger partial charge is 0.508 e. The lowest BCUT2D eigenvalue weighted by molar-refractivity contribution is 0.475. The van der Waals surface area contributed by atoms with Crippen molar-refractivity contribution in [2.45, 2.75) is 0 Å². The molecule has 4 aromatic rings. The van der Waals surface area contributed by atoms with Crippen LogP contribution in [0.25, 0.3) is 28.0 Å². The maximum atomic E-state index is 9.75. The van der Waals surface area contributed by atoms with Crippen molar-refractivity contribution >= 4 is 10.9 Å². The van der Waals surface area contributed by atoms with Crippen molar-refractivity contribution in [3.8, 4) is 28.9 Å². The van der Waals surface area contributed by atoms with Gasteiger partial charge >= 0.3 is 0 Å². The Morgan fingerprint density at radius 3 is 2.38 bits per heavy atom. The van der Waals surface area contributed by atoms with Gasteiger partial charge in [-0.05, 0) is 42.5 Å². The number of nitriles is 1. The first-order chi connectivity index (χ1) is 11.8. The first kappa shape index (κ1) is 14.0. The third-order valence-electron chi connectivity index (χ3n) is 4.00. The SMILES string of the molecule is N#Cc1c(-c2ccccn2)n(-c2ccc(O)cc2)c2ccccc12. The second-order valence-electron chi connectivity index (χ2n) is 5.42. The minimum atomic E-state index is 0.204. The number of rotatable bonds is 2. The van der Waals surface area contributed by atoms with E-state index in [4.69, 9.17) is 0 Å². The molecule has 4 nitrogen and oxygen atoms in total. The molecule has 2 aromatic heterocycles. The van der Waals surface area contributed by atoms with Crippen molar-refractivity contribution < 1.29 is 5.11 Å². The number of aromatic nitrogens is 2. The van der Waals surface area contributed by atoms with E-state index in [0.29, 0.717) is 5.56 Å². The van der Waals surface area contributed by atoms with Gasteiger partial charge in [-0.1, -0.05) is 24.3 Å². The molecule has 0 fully saturated rings. The standard InChI is InChI=1S/C20H13N3O/c21-13-17-16-5-1-2-7-19(16)23(14-8-10-15(24)11-9-14)20(17)18-6-3-4-12-22-18/h1-12,24H. The molecule has 0 aliphatic rings. The summed E-state index contributed by atoms with van der Waals surface area (Å²) in [6, 6.07) is 22.7. The molecule has 0 bridgehead atoms. The van der Waals surface area contributed by atoms with Crippen molar-refractivity contribution in [2.24, 2.45) is 0 Å². The molecule has 2 aromatic carbocycles. The van der Waals surface area contributed by atoms with Gasteiger partial charge in [-0.2, -0.15) is 5.26 Å². The summed E-state index contributed by atoms with van der Waals surface area (Å²) in [4.78, 5) is 4.44. The molecule has 2 heterocycles. The van der Waals surface area contributed by atoms with Crippen molar-refractivity contribution in [3.05, 3.63) is 78.5 Å². The number of fused-ring (bicyclic) bond motifs is 1. The quantitative estimate of drug-likeness (QED) is 0.601. The van der Waals surface area contributed by atoms with Crippen LogP contribution < -0.4 is 0 Å². The van der Waals surface area contributed by atoms with Crippen LogP contribution >= 0.6 is 0 Å². The molecule has 0 atom stereocenters. The summed E-state index contributed by atoms with van der Waals surface area (Å²) in [5, 5.41) is 20.2. The molecular formula is C20H13N3O. The Morgan fingerprint density at radius 1 is 0.917 bits per heavy atom. The summed E-state index contributed by atoms with van der Waals surface area (Å²) in [5.74, 6) is 0.204. The summed E-state index contributed by atoms with van der Waals surface area (Å²) in [7, 11) is 0. The Balaban J connectivity index is 2.15. The first-order valence-electron chi connectivity index (χ1n) is 7.54. The topological polar surface area (TPSA) is 61.8 Å². The maximum Gasteiger partial charge on any atom is 0.115 e. The normalized spacial score (nSPS) is 10.6. The van der Waals surface area contributed by atoms with Crippen LogP contribution in [0.3, 0.4) is 0 Å². The van der Waals surface area contributed by atoms with Gasteiger partial charge in [-0.3, -0.25) is 4.98 Å². The van der Waals surface area contributed by atoms with E-state index in [9.17, 15) is 10.4 Å². The summed E-state index contributed by atoms with van der Waals surface area (Å²) in [6.07, 6.45) is 1.72. The van der Waals surface area contributed by atoms with Gasteiger partial charge < -0.3 is 9.67 Å². The van der Waals surface area contributed by atoms with E-state index in [0.717, 1.165) is 28.0 Å². The molecule has 0 saturated heterocycles. The van der Waals surface area contributed by atoms with Gasteiger partial charge in [0.05, 0.1) is 22.5 Å². The third kappa shape index (κ3) is 2.11. The van der Waals surface area contributed by atoms with E-state index in [1.807, 2.05) is 59.2 Å². The summed E-state index contributed by atoms with van der Waals surface area (Å²) in [6.45, 7) is 0. The van der Waals surface area contributed by atoms with Crippen LogP contribution in [0.2, 0.25) is 0 Å². The Hall–Kier alpha value is -3.58. The zero-order chi connectivity index (χ0) is 16.5. The number of para-hydroxylation sites is 1. The molecule has 1 N–H and O–H groups in total. The molecule has 0 aliphatic carbocycles. The van der Waals surface area contributed by atoms with Crippen LogP contribution in [0.5, 0.6) is 5.75 Å². The molecule has 0 saturated carbocycles. The van der Waals surface area contributed by atoms with E-state index >= 15 is 0 Å². The number of hydrogen-bond acceptors (Lipinski definition) is 3. The van der Waals surface area contributed by atoms with Gasteiger partial charge in [0.1, 0.15) is 11.8 Å². The van der Waals surface area contributed by atoms with Crippen molar-refractivity contribution in [1.29, 1.82) is 5.26 Å². The van der Waals surface area contributed by atoms with E-state index in [-0.39, 0.29) is 5.75 Å². The van der Waals surface area contributed by atoms with E-state index < -0.39 is 0 Å². The fraction of sp³-hybridized carbons (Fsp3) is 0. The minimum Gasteiger partial charge on any atom is -0.508 e. The number of phenols is 1. The Bertz CT molecular complexity index is 1060. The zero-order valence-corrected chi connectivity index (χ0v) is 12.7. The zero-order valence-electron chi connectivity index (χ0n) is 12.7. The molecule has 0 amide bonds. The van der Waals surface area contributed by atoms with Gasteiger partial charge in [-0.25, -0.2) is 0 Å². The fourth-order valence-corrected chi connectivity index (χ4v) is 2.97. The number of hydrogen-bond donors (Lipinski definition) is 1. The van der Waals surface area contributed by atoms with Gasteiger partial charge in [0.15, 0.2) is 0 Å². The number of phenolic OH excluding ortho intramolecular Hbond substituents is 1. The van der Waals surface area contributed by atoms with Crippen molar-refractivity contribution in [1.82, 2.24) is 9.55 Å². The molecular weight excluding hydrogens is 298 g/mol. The number of nitrogens with zero attached hydrogens (tertiary/aromatic N) is 3. The summed E-state index contributed by atoms with van der Waals surface area (Å²) in [5.41, 5.74) is 3.88. The van der Waals surface area contributed by atoms with Gasteiger partial charge in [0.2, 0.25) is 0 Å². The highest BCUT2D eigenvalue weighted by Gasteiger charge is 2.20. The summed E-state index contributed by atoms with van der Waals surface area (Å²) >= 11 is 0. The Labute approximate surface area is 138 Å². The van der Waals surface area contributed by atoms with Crippen LogP contribution in [0.1, 0.15) is 5.56 Å². The van der Waals surface area contributed by atoms with Crippen LogP contribution in [0.15, 0.2) is 72.9 Å². The van der Waals surface area contributed by atoms with Crippen LogP contribution in [-0.2, 0) is 0 Å². The van der Waals surface area contributed by atoms with Crippen LogP contribution in [0, 0.1) is 11.3 Å². The molecule has 4 heteroatoms. The summed E-state index contributed by atoms with van der Waals surface area (Å²) < 4.78 is 2.01. The molecule has 0 spiro atoms. The van der Waals surface area contributed by atoms with Gasteiger partial charge in [0.25, 0.3) is 0 Å². The highest BCUT2D eigenvalue weighted by atomic mass is 16.3. The van der Waals surface area contributed by atoms with E-state index in [2.05, 4.69) is 11.1 Å². The number of benzene rings is 2. The first-order valence-corrected chi connectivity index (χ1v) is 7.54. The molecule has 114 valence electrons. The molecule has 0 unspecified atom stereocenters. The number of aromatic hydroxyl groups is 1. The average Bonchev–Trinajstić information content (AvgIpc) is 2.97. The van der Waals surface area contributed by atoms with Crippen molar-refractivity contribution in [3.63, 3.8) is 0 Å². The maximum absolute atomic E-state index is 9.75.